The molecule has 1 aliphatic heterocycles. The summed E-state index contributed by atoms with van der Waals surface area (Å²) in [6, 6.07) is 0.474. The molecule has 0 amide bonds. The van der Waals surface area contributed by atoms with Gasteiger partial charge in [0.05, 0.1) is 0 Å². The zero-order valence-corrected chi connectivity index (χ0v) is 8.56. The van der Waals surface area contributed by atoms with E-state index in [1.165, 1.54) is 0 Å². The fourth-order valence-corrected chi connectivity index (χ4v) is 3.12. The topological polar surface area (TPSA) is 49.3 Å². The van der Waals surface area contributed by atoms with Crippen molar-refractivity contribution in [1.82, 2.24) is 5.32 Å². The van der Waals surface area contributed by atoms with Crippen LogP contribution in [0.3, 0.4) is 0 Å². The van der Waals surface area contributed by atoms with E-state index in [0.717, 1.165) is 25.0 Å². The van der Waals surface area contributed by atoms with Crippen molar-refractivity contribution in [1.29, 1.82) is 0 Å². The summed E-state index contributed by atoms with van der Waals surface area (Å²) in [6.45, 7) is 2.10. The standard InChI is InChI=1S/C9H15NO2S/c1-6-4-9(5-13-6,8(11)12)10-7-2-3-7/h6-7,10H,2-5H2,1H3,(H,11,12). The molecule has 0 radical (unpaired) electrons. The molecular formula is C9H15NO2S. The minimum absolute atomic E-state index is 0.474. The van der Waals surface area contributed by atoms with Crippen LogP contribution in [0.25, 0.3) is 0 Å². The SMILES string of the molecule is CC1CC(NC2CC2)(C(=O)O)CS1. The predicted octanol–water partition coefficient (Wildman–Crippen LogP) is 1.09. The Kier molecular flexibility index (Phi) is 2.28. The van der Waals surface area contributed by atoms with E-state index in [2.05, 4.69) is 12.2 Å². The molecule has 1 saturated heterocycles. The first kappa shape index (κ1) is 9.34. The Morgan fingerprint density at radius 2 is 2.31 bits per heavy atom. The van der Waals surface area contributed by atoms with Crippen molar-refractivity contribution in [2.45, 2.75) is 43.0 Å². The second-order valence-electron chi connectivity index (χ2n) is 4.13. The summed E-state index contributed by atoms with van der Waals surface area (Å²) in [6.07, 6.45) is 3.06. The molecule has 13 heavy (non-hydrogen) atoms. The zero-order valence-electron chi connectivity index (χ0n) is 7.75. The van der Waals surface area contributed by atoms with Gasteiger partial charge in [-0.3, -0.25) is 10.1 Å². The van der Waals surface area contributed by atoms with E-state index < -0.39 is 11.5 Å². The monoisotopic (exact) mass is 201 g/mol. The molecular weight excluding hydrogens is 186 g/mol. The molecule has 4 heteroatoms. The largest absolute Gasteiger partial charge is 0.480 e. The fourth-order valence-electron chi connectivity index (χ4n) is 1.82. The highest BCUT2D eigenvalue weighted by atomic mass is 32.2. The van der Waals surface area contributed by atoms with Gasteiger partial charge < -0.3 is 5.11 Å². The molecule has 2 aliphatic rings. The summed E-state index contributed by atoms with van der Waals surface area (Å²) in [5.74, 6) is 0.0521. The molecule has 2 N–H and O–H groups in total. The van der Waals surface area contributed by atoms with Gasteiger partial charge in [0.1, 0.15) is 5.54 Å². The maximum absolute atomic E-state index is 11.2. The molecule has 2 rings (SSSR count). The maximum atomic E-state index is 11.2. The van der Waals surface area contributed by atoms with Crippen LogP contribution in [0.4, 0.5) is 0 Å². The van der Waals surface area contributed by atoms with Crippen molar-refractivity contribution in [3.05, 3.63) is 0 Å². The van der Waals surface area contributed by atoms with E-state index in [4.69, 9.17) is 0 Å². The number of hydrogen-bond acceptors (Lipinski definition) is 3. The lowest BCUT2D eigenvalue weighted by Crippen LogP contribution is -2.53. The lowest BCUT2D eigenvalue weighted by Gasteiger charge is -2.24. The molecule has 2 fully saturated rings. The molecule has 0 aromatic heterocycles. The highest BCUT2D eigenvalue weighted by Crippen LogP contribution is 2.37. The van der Waals surface area contributed by atoms with Gasteiger partial charge in [-0.25, -0.2) is 0 Å². The Bertz CT molecular complexity index is 230. The molecule has 74 valence electrons. The van der Waals surface area contributed by atoms with E-state index in [1.54, 1.807) is 11.8 Å². The number of aliphatic carboxylic acids is 1. The van der Waals surface area contributed by atoms with Crippen molar-refractivity contribution >= 4 is 17.7 Å². The van der Waals surface area contributed by atoms with Crippen LogP contribution in [0.2, 0.25) is 0 Å². The highest BCUT2D eigenvalue weighted by molar-refractivity contribution is 8.00. The molecule has 2 atom stereocenters. The van der Waals surface area contributed by atoms with Gasteiger partial charge in [-0.05, 0) is 19.3 Å². The lowest BCUT2D eigenvalue weighted by molar-refractivity contribution is -0.144. The lowest BCUT2D eigenvalue weighted by atomic mass is 9.96. The average molecular weight is 201 g/mol. The van der Waals surface area contributed by atoms with Crippen molar-refractivity contribution in [3.8, 4) is 0 Å². The molecule has 2 unspecified atom stereocenters. The molecule has 0 aromatic rings. The minimum Gasteiger partial charge on any atom is -0.480 e. The van der Waals surface area contributed by atoms with E-state index in [1.807, 2.05) is 0 Å². The number of hydrogen-bond donors (Lipinski definition) is 2. The second kappa shape index (κ2) is 3.17. The Morgan fingerprint density at radius 1 is 1.62 bits per heavy atom. The van der Waals surface area contributed by atoms with Gasteiger partial charge in [-0.15, -0.1) is 0 Å². The molecule has 0 aromatic carbocycles. The van der Waals surface area contributed by atoms with E-state index in [0.29, 0.717) is 11.3 Å². The summed E-state index contributed by atoms with van der Waals surface area (Å²) in [4.78, 5) is 11.2. The van der Waals surface area contributed by atoms with Crippen LogP contribution in [0.1, 0.15) is 26.2 Å². The summed E-state index contributed by atoms with van der Waals surface area (Å²) in [5.41, 5.74) is -0.620. The maximum Gasteiger partial charge on any atom is 0.324 e. The molecule has 1 heterocycles. The van der Waals surface area contributed by atoms with Crippen molar-refractivity contribution in [3.63, 3.8) is 0 Å². The van der Waals surface area contributed by atoms with E-state index in [9.17, 15) is 9.90 Å². The molecule has 1 aliphatic carbocycles. The fraction of sp³-hybridized carbons (Fsp3) is 0.889. The average Bonchev–Trinajstić information content (AvgIpc) is 2.76. The van der Waals surface area contributed by atoms with Crippen LogP contribution in [0.5, 0.6) is 0 Å². The summed E-state index contributed by atoms with van der Waals surface area (Å²) in [7, 11) is 0. The first-order valence-electron chi connectivity index (χ1n) is 4.75. The number of carboxylic acids is 1. The Morgan fingerprint density at radius 3 is 2.69 bits per heavy atom. The summed E-state index contributed by atoms with van der Waals surface area (Å²) in [5, 5.41) is 12.9. The summed E-state index contributed by atoms with van der Waals surface area (Å²) < 4.78 is 0. The Labute approximate surface area is 82.3 Å². The van der Waals surface area contributed by atoms with Crippen LogP contribution in [0.15, 0.2) is 0 Å². The summed E-state index contributed by atoms with van der Waals surface area (Å²) >= 11 is 1.76. The predicted molar refractivity (Wildman–Crippen MR) is 53.1 cm³/mol. The van der Waals surface area contributed by atoms with E-state index in [-0.39, 0.29) is 0 Å². The Hall–Kier alpha value is -0.220. The third-order valence-corrected chi connectivity index (χ3v) is 4.11. The third kappa shape index (κ3) is 1.83. The zero-order chi connectivity index (χ0) is 9.47. The highest BCUT2D eigenvalue weighted by Gasteiger charge is 2.47. The van der Waals surface area contributed by atoms with E-state index >= 15 is 0 Å². The number of rotatable bonds is 3. The van der Waals surface area contributed by atoms with Gasteiger partial charge in [-0.1, -0.05) is 6.92 Å². The quantitative estimate of drug-likeness (QED) is 0.717. The van der Waals surface area contributed by atoms with Gasteiger partial charge in [0.2, 0.25) is 0 Å². The Balaban J connectivity index is 2.05. The molecule has 1 saturated carbocycles. The number of carboxylic acid groups (broad SMARTS) is 1. The van der Waals surface area contributed by atoms with Gasteiger partial charge in [-0.2, -0.15) is 11.8 Å². The number of nitrogens with one attached hydrogen (secondary N) is 1. The van der Waals surface area contributed by atoms with Crippen LogP contribution in [-0.4, -0.2) is 33.7 Å². The normalized spacial score (nSPS) is 39.3. The van der Waals surface area contributed by atoms with Gasteiger partial charge >= 0.3 is 5.97 Å². The number of carbonyl (C=O) groups is 1. The van der Waals surface area contributed by atoms with Crippen LogP contribution in [-0.2, 0) is 4.79 Å². The van der Waals surface area contributed by atoms with Crippen LogP contribution in [0, 0.1) is 0 Å². The molecule has 0 spiro atoms. The molecule has 3 nitrogen and oxygen atoms in total. The van der Waals surface area contributed by atoms with Crippen LogP contribution < -0.4 is 5.32 Å². The van der Waals surface area contributed by atoms with Gasteiger partial charge in [0.25, 0.3) is 0 Å². The minimum atomic E-state index is -0.670. The van der Waals surface area contributed by atoms with Gasteiger partial charge in [0, 0.05) is 17.0 Å². The van der Waals surface area contributed by atoms with Crippen molar-refractivity contribution < 1.29 is 9.90 Å². The first-order valence-corrected chi connectivity index (χ1v) is 5.80. The van der Waals surface area contributed by atoms with Gasteiger partial charge in [0.15, 0.2) is 0 Å². The van der Waals surface area contributed by atoms with Crippen LogP contribution >= 0.6 is 11.8 Å². The third-order valence-electron chi connectivity index (χ3n) is 2.72. The van der Waals surface area contributed by atoms with Crippen molar-refractivity contribution in [2.75, 3.05) is 5.75 Å². The second-order valence-corrected chi connectivity index (χ2v) is 5.56. The smallest absolute Gasteiger partial charge is 0.324 e. The molecule has 0 bridgehead atoms. The first-order chi connectivity index (χ1) is 6.12. The number of thioether (sulfide) groups is 1. The van der Waals surface area contributed by atoms with Crippen molar-refractivity contribution in [2.24, 2.45) is 0 Å².